The molecule has 0 bridgehead atoms. The highest BCUT2D eigenvalue weighted by atomic mass is 32.1. The summed E-state index contributed by atoms with van der Waals surface area (Å²) in [5, 5.41) is 0.954. The summed E-state index contributed by atoms with van der Waals surface area (Å²) in [6.45, 7) is 0. The molecule has 0 N–H and O–H groups in total. The van der Waals surface area contributed by atoms with E-state index in [4.69, 9.17) is 0 Å². The SMILES string of the molecule is CN(C)c1ccc(-c2nc3nc4ccccc4nc3s2)cc1. The predicted molar refractivity (Wildman–Crippen MR) is 92.5 cm³/mol. The van der Waals surface area contributed by atoms with Gasteiger partial charge in [0.2, 0.25) is 0 Å². The number of aromatic nitrogens is 3. The average molecular weight is 306 g/mol. The van der Waals surface area contributed by atoms with Crippen LogP contribution in [0.2, 0.25) is 0 Å². The zero-order valence-corrected chi connectivity index (χ0v) is 13.1. The van der Waals surface area contributed by atoms with Gasteiger partial charge < -0.3 is 4.90 Å². The Morgan fingerprint density at radius 3 is 2.18 bits per heavy atom. The second kappa shape index (κ2) is 5.03. The fourth-order valence-corrected chi connectivity index (χ4v) is 3.25. The number of thiazole rings is 1. The Hall–Kier alpha value is -2.53. The topological polar surface area (TPSA) is 41.9 Å². The van der Waals surface area contributed by atoms with E-state index in [9.17, 15) is 0 Å². The lowest BCUT2D eigenvalue weighted by Gasteiger charge is -2.11. The maximum atomic E-state index is 4.65. The molecule has 0 fully saturated rings. The van der Waals surface area contributed by atoms with E-state index in [1.165, 1.54) is 5.69 Å². The zero-order valence-electron chi connectivity index (χ0n) is 12.3. The van der Waals surface area contributed by atoms with Gasteiger partial charge in [-0.15, -0.1) is 0 Å². The summed E-state index contributed by atoms with van der Waals surface area (Å²) in [7, 11) is 4.07. The van der Waals surface area contributed by atoms with Crippen molar-refractivity contribution in [2.24, 2.45) is 0 Å². The third-order valence-corrected chi connectivity index (χ3v) is 4.54. The Bertz CT molecular complexity index is 905. The quantitative estimate of drug-likeness (QED) is 0.562. The van der Waals surface area contributed by atoms with Crippen molar-refractivity contribution >= 4 is 38.5 Å². The van der Waals surface area contributed by atoms with Crippen LogP contribution in [-0.2, 0) is 0 Å². The first kappa shape index (κ1) is 13.2. The smallest absolute Gasteiger partial charge is 0.190 e. The van der Waals surface area contributed by atoms with Gasteiger partial charge in [0.15, 0.2) is 10.5 Å². The van der Waals surface area contributed by atoms with Crippen molar-refractivity contribution < 1.29 is 0 Å². The zero-order chi connectivity index (χ0) is 15.1. The van der Waals surface area contributed by atoms with Crippen LogP contribution in [0.3, 0.4) is 0 Å². The van der Waals surface area contributed by atoms with E-state index in [0.717, 1.165) is 32.1 Å². The third-order valence-electron chi connectivity index (χ3n) is 3.55. The molecular weight excluding hydrogens is 292 g/mol. The second-order valence-corrected chi connectivity index (χ2v) is 6.28. The lowest BCUT2D eigenvalue weighted by Crippen LogP contribution is -2.07. The van der Waals surface area contributed by atoms with Crippen molar-refractivity contribution in [3.8, 4) is 10.6 Å². The molecule has 22 heavy (non-hydrogen) atoms. The first-order valence-electron chi connectivity index (χ1n) is 7.02. The largest absolute Gasteiger partial charge is 0.378 e. The van der Waals surface area contributed by atoms with Crippen molar-refractivity contribution in [2.45, 2.75) is 0 Å². The van der Waals surface area contributed by atoms with Crippen molar-refractivity contribution in [3.05, 3.63) is 48.5 Å². The molecule has 0 aliphatic heterocycles. The molecule has 2 heterocycles. The van der Waals surface area contributed by atoms with Gasteiger partial charge in [0.25, 0.3) is 0 Å². The predicted octanol–water partition coefficient (Wildman–Crippen LogP) is 3.97. The van der Waals surface area contributed by atoms with Gasteiger partial charge >= 0.3 is 0 Å². The number of fused-ring (bicyclic) bond motifs is 2. The summed E-state index contributed by atoms with van der Waals surface area (Å²) in [5.74, 6) is 0. The van der Waals surface area contributed by atoms with Crippen LogP contribution in [-0.4, -0.2) is 29.0 Å². The molecule has 0 spiro atoms. The Balaban J connectivity index is 1.83. The van der Waals surface area contributed by atoms with Crippen LogP contribution in [0.4, 0.5) is 5.69 Å². The van der Waals surface area contributed by atoms with Crippen molar-refractivity contribution in [1.82, 2.24) is 15.0 Å². The minimum atomic E-state index is 0.718. The van der Waals surface area contributed by atoms with Crippen LogP contribution in [0.25, 0.3) is 32.1 Å². The fraction of sp³-hybridized carbons (Fsp3) is 0.118. The van der Waals surface area contributed by atoms with Gasteiger partial charge in [-0.2, -0.15) is 0 Å². The van der Waals surface area contributed by atoms with Crippen molar-refractivity contribution in [3.63, 3.8) is 0 Å². The van der Waals surface area contributed by atoms with E-state index in [-0.39, 0.29) is 0 Å². The number of benzene rings is 2. The van der Waals surface area contributed by atoms with Crippen LogP contribution in [0.1, 0.15) is 0 Å². The molecule has 0 aliphatic rings. The lowest BCUT2D eigenvalue weighted by molar-refractivity contribution is 1.13. The molecule has 108 valence electrons. The minimum Gasteiger partial charge on any atom is -0.378 e. The van der Waals surface area contributed by atoms with E-state index in [0.29, 0.717) is 0 Å². The molecule has 2 aromatic heterocycles. The highest BCUT2D eigenvalue weighted by molar-refractivity contribution is 7.21. The normalized spacial score (nSPS) is 11.2. The highest BCUT2D eigenvalue weighted by Gasteiger charge is 2.10. The van der Waals surface area contributed by atoms with Gasteiger partial charge in [0, 0.05) is 25.3 Å². The van der Waals surface area contributed by atoms with E-state index in [1.54, 1.807) is 11.3 Å². The number of hydrogen-bond acceptors (Lipinski definition) is 5. The Kier molecular flexibility index (Phi) is 3.01. The van der Waals surface area contributed by atoms with Crippen LogP contribution >= 0.6 is 11.3 Å². The van der Waals surface area contributed by atoms with Crippen LogP contribution in [0, 0.1) is 0 Å². The first-order valence-corrected chi connectivity index (χ1v) is 7.83. The van der Waals surface area contributed by atoms with Crippen LogP contribution < -0.4 is 4.90 Å². The van der Waals surface area contributed by atoms with Crippen LogP contribution in [0.5, 0.6) is 0 Å². The van der Waals surface area contributed by atoms with Crippen LogP contribution in [0.15, 0.2) is 48.5 Å². The molecule has 5 heteroatoms. The molecular formula is C17H14N4S. The molecule has 4 aromatic rings. The molecule has 0 aliphatic carbocycles. The molecule has 0 saturated carbocycles. The molecule has 0 atom stereocenters. The monoisotopic (exact) mass is 306 g/mol. The average Bonchev–Trinajstić information content (AvgIpc) is 2.95. The maximum Gasteiger partial charge on any atom is 0.190 e. The number of rotatable bonds is 2. The third kappa shape index (κ3) is 2.19. The number of hydrogen-bond donors (Lipinski definition) is 0. The summed E-state index contributed by atoms with van der Waals surface area (Å²) in [4.78, 5) is 16.9. The van der Waals surface area contributed by atoms with E-state index in [1.807, 2.05) is 38.4 Å². The highest BCUT2D eigenvalue weighted by Crippen LogP contribution is 2.30. The Labute approximate surface area is 132 Å². The van der Waals surface area contributed by atoms with E-state index >= 15 is 0 Å². The summed E-state index contributed by atoms with van der Waals surface area (Å²) in [6.07, 6.45) is 0. The number of para-hydroxylation sites is 2. The van der Waals surface area contributed by atoms with Gasteiger partial charge in [-0.3, -0.25) is 0 Å². The van der Waals surface area contributed by atoms with Gasteiger partial charge in [0.1, 0.15) is 5.01 Å². The van der Waals surface area contributed by atoms with E-state index < -0.39 is 0 Å². The standard InChI is InChI=1S/C17H14N4S/c1-21(2)12-9-7-11(8-10-12)16-20-15-17(22-16)19-14-6-4-3-5-13(14)18-15/h3-10H,1-2H3. The lowest BCUT2D eigenvalue weighted by atomic mass is 10.2. The molecule has 4 rings (SSSR count). The summed E-state index contributed by atoms with van der Waals surface area (Å²) in [6, 6.07) is 16.3. The number of anilines is 1. The minimum absolute atomic E-state index is 0.718. The molecule has 4 nitrogen and oxygen atoms in total. The Morgan fingerprint density at radius 1 is 0.818 bits per heavy atom. The fourth-order valence-electron chi connectivity index (χ4n) is 2.35. The molecule has 0 saturated heterocycles. The molecule has 2 aromatic carbocycles. The van der Waals surface area contributed by atoms with Gasteiger partial charge in [-0.1, -0.05) is 23.5 Å². The second-order valence-electron chi connectivity index (χ2n) is 5.30. The summed E-state index contributed by atoms with van der Waals surface area (Å²) >= 11 is 1.58. The summed E-state index contributed by atoms with van der Waals surface area (Å²) < 4.78 is 0. The van der Waals surface area contributed by atoms with Gasteiger partial charge in [-0.05, 0) is 36.4 Å². The molecule has 0 amide bonds. The van der Waals surface area contributed by atoms with E-state index in [2.05, 4.69) is 44.1 Å². The Morgan fingerprint density at radius 2 is 1.50 bits per heavy atom. The first-order chi connectivity index (χ1) is 10.7. The maximum absolute atomic E-state index is 4.65. The molecule has 0 radical (unpaired) electrons. The summed E-state index contributed by atoms with van der Waals surface area (Å²) in [5.41, 5.74) is 4.78. The van der Waals surface area contributed by atoms with Gasteiger partial charge in [0.05, 0.1) is 11.0 Å². The number of nitrogens with zero attached hydrogens (tertiary/aromatic N) is 4. The van der Waals surface area contributed by atoms with Crippen molar-refractivity contribution in [2.75, 3.05) is 19.0 Å². The molecule has 0 unspecified atom stereocenters. The van der Waals surface area contributed by atoms with Gasteiger partial charge in [-0.25, -0.2) is 15.0 Å². The van der Waals surface area contributed by atoms with Crippen molar-refractivity contribution in [1.29, 1.82) is 0 Å².